The van der Waals surface area contributed by atoms with E-state index in [0.717, 1.165) is 0 Å². The van der Waals surface area contributed by atoms with Gasteiger partial charge in [-0.2, -0.15) is 0 Å². The van der Waals surface area contributed by atoms with Gasteiger partial charge in [-0.05, 0) is 18.6 Å². The van der Waals surface area contributed by atoms with Crippen LogP contribution in [0.15, 0.2) is 17.0 Å². The third kappa shape index (κ3) is 2.54. The lowest BCUT2D eigenvalue weighted by Crippen LogP contribution is -1.98. The predicted octanol–water partition coefficient (Wildman–Crippen LogP) is 1.94. The summed E-state index contributed by atoms with van der Waals surface area (Å²) in [5, 5.41) is 0. The molecule has 0 bridgehead atoms. The van der Waals surface area contributed by atoms with Gasteiger partial charge in [-0.25, -0.2) is 8.42 Å². The van der Waals surface area contributed by atoms with Crippen LogP contribution in [0.1, 0.15) is 5.56 Å². The van der Waals surface area contributed by atoms with Gasteiger partial charge in [0.2, 0.25) is 0 Å². The minimum absolute atomic E-state index is 0.0295. The van der Waals surface area contributed by atoms with Crippen LogP contribution >= 0.6 is 10.7 Å². The summed E-state index contributed by atoms with van der Waals surface area (Å²) in [5.74, 6) is 0.807. The molecule has 15 heavy (non-hydrogen) atoms. The third-order valence-corrected chi connectivity index (χ3v) is 3.41. The highest BCUT2D eigenvalue weighted by molar-refractivity contribution is 8.13. The first-order chi connectivity index (χ1) is 6.90. The molecule has 0 radical (unpaired) electrons. The van der Waals surface area contributed by atoms with E-state index in [-0.39, 0.29) is 4.90 Å². The van der Waals surface area contributed by atoms with Crippen LogP contribution in [0.2, 0.25) is 0 Å². The SMILES string of the molecule is COc1cc(C)c(S(=O)(=O)Cl)cc1OC. The Balaban J connectivity index is 3.46. The minimum Gasteiger partial charge on any atom is -0.493 e. The highest BCUT2D eigenvalue weighted by Crippen LogP contribution is 2.33. The van der Waals surface area contributed by atoms with Crippen molar-refractivity contribution in [2.45, 2.75) is 11.8 Å². The maximum atomic E-state index is 11.2. The van der Waals surface area contributed by atoms with E-state index in [1.54, 1.807) is 13.0 Å². The molecule has 1 aromatic carbocycles. The summed E-state index contributed by atoms with van der Waals surface area (Å²) in [7, 11) is 4.42. The summed E-state index contributed by atoms with van der Waals surface area (Å²) >= 11 is 0. The molecule has 0 aliphatic carbocycles. The number of halogens is 1. The minimum atomic E-state index is -3.75. The molecule has 0 heterocycles. The lowest BCUT2D eigenvalue weighted by atomic mass is 10.2. The maximum absolute atomic E-state index is 11.2. The number of hydrogen-bond donors (Lipinski definition) is 0. The zero-order chi connectivity index (χ0) is 11.6. The molecule has 0 N–H and O–H groups in total. The van der Waals surface area contributed by atoms with Gasteiger partial charge in [0.25, 0.3) is 9.05 Å². The van der Waals surface area contributed by atoms with Gasteiger partial charge in [0.05, 0.1) is 19.1 Å². The molecule has 0 aliphatic heterocycles. The number of aryl methyl sites for hydroxylation is 1. The van der Waals surface area contributed by atoms with Crippen LogP contribution in [-0.4, -0.2) is 22.6 Å². The first-order valence-electron chi connectivity index (χ1n) is 4.07. The van der Waals surface area contributed by atoms with Gasteiger partial charge in [0, 0.05) is 16.7 Å². The molecule has 1 aromatic rings. The van der Waals surface area contributed by atoms with E-state index in [0.29, 0.717) is 17.1 Å². The first-order valence-corrected chi connectivity index (χ1v) is 6.38. The maximum Gasteiger partial charge on any atom is 0.261 e. The van der Waals surface area contributed by atoms with Gasteiger partial charge in [0.15, 0.2) is 11.5 Å². The molecule has 0 fully saturated rings. The Bertz CT molecular complexity index is 467. The lowest BCUT2D eigenvalue weighted by molar-refractivity contribution is 0.353. The predicted molar refractivity (Wildman–Crippen MR) is 57.3 cm³/mol. The van der Waals surface area contributed by atoms with Crippen LogP contribution in [0.25, 0.3) is 0 Å². The fraction of sp³-hybridized carbons (Fsp3) is 0.333. The average Bonchev–Trinajstić information content (AvgIpc) is 2.15. The zero-order valence-corrected chi connectivity index (χ0v) is 10.1. The monoisotopic (exact) mass is 250 g/mol. The molecule has 0 aliphatic rings. The van der Waals surface area contributed by atoms with E-state index in [2.05, 4.69) is 0 Å². The van der Waals surface area contributed by atoms with Gasteiger partial charge >= 0.3 is 0 Å². The number of ether oxygens (including phenoxy) is 2. The van der Waals surface area contributed by atoms with Gasteiger partial charge in [-0.15, -0.1) is 0 Å². The normalized spacial score (nSPS) is 11.2. The highest BCUT2D eigenvalue weighted by Gasteiger charge is 2.17. The number of methoxy groups -OCH3 is 2. The number of benzene rings is 1. The van der Waals surface area contributed by atoms with E-state index in [4.69, 9.17) is 20.2 Å². The third-order valence-electron chi connectivity index (χ3n) is 1.94. The molecule has 1 rings (SSSR count). The Kier molecular flexibility index (Phi) is 3.46. The molecule has 0 atom stereocenters. The zero-order valence-electron chi connectivity index (χ0n) is 8.57. The Morgan fingerprint density at radius 3 is 2.00 bits per heavy atom. The summed E-state index contributed by atoms with van der Waals surface area (Å²) in [6, 6.07) is 2.91. The van der Waals surface area contributed by atoms with Crippen LogP contribution in [0.3, 0.4) is 0 Å². The van der Waals surface area contributed by atoms with Crippen LogP contribution in [-0.2, 0) is 9.05 Å². The van der Waals surface area contributed by atoms with E-state index < -0.39 is 9.05 Å². The fourth-order valence-corrected chi connectivity index (χ4v) is 2.41. The Morgan fingerprint density at radius 2 is 1.60 bits per heavy atom. The first kappa shape index (κ1) is 12.1. The average molecular weight is 251 g/mol. The fourth-order valence-electron chi connectivity index (χ4n) is 1.22. The van der Waals surface area contributed by atoms with Crippen molar-refractivity contribution >= 4 is 19.7 Å². The summed E-state index contributed by atoms with van der Waals surface area (Å²) in [6.07, 6.45) is 0. The van der Waals surface area contributed by atoms with Crippen molar-refractivity contribution in [3.05, 3.63) is 17.7 Å². The molecule has 84 valence electrons. The molecule has 0 aromatic heterocycles. The molecule has 6 heteroatoms. The van der Waals surface area contributed by atoms with Gasteiger partial charge in [-0.1, -0.05) is 0 Å². The second-order valence-electron chi connectivity index (χ2n) is 2.91. The van der Waals surface area contributed by atoms with Crippen molar-refractivity contribution in [2.75, 3.05) is 14.2 Å². The molecule has 0 spiro atoms. The molecule has 0 unspecified atom stereocenters. The van der Waals surface area contributed by atoms with Crippen molar-refractivity contribution in [3.63, 3.8) is 0 Å². The van der Waals surface area contributed by atoms with Crippen molar-refractivity contribution < 1.29 is 17.9 Å². The lowest BCUT2D eigenvalue weighted by Gasteiger charge is -2.10. The molecule has 0 saturated heterocycles. The van der Waals surface area contributed by atoms with Crippen molar-refractivity contribution in [2.24, 2.45) is 0 Å². The quantitative estimate of drug-likeness (QED) is 0.770. The standard InChI is InChI=1S/C9H11ClO4S/c1-6-4-7(13-2)8(14-3)5-9(6)15(10,11)12/h4-5H,1-3H3. The molecule has 0 amide bonds. The second kappa shape index (κ2) is 4.28. The number of rotatable bonds is 3. The largest absolute Gasteiger partial charge is 0.493 e. The summed E-state index contributed by atoms with van der Waals surface area (Å²) < 4.78 is 32.4. The van der Waals surface area contributed by atoms with Crippen molar-refractivity contribution in [1.82, 2.24) is 0 Å². The van der Waals surface area contributed by atoms with Gasteiger partial charge in [0.1, 0.15) is 0 Å². The van der Waals surface area contributed by atoms with Gasteiger partial charge < -0.3 is 9.47 Å². The Hall–Kier alpha value is -0.940. The molecular formula is C9H11ClO4S. The Morgan fingerprint density at radius 1 is 1.13 bits per heavy atom. The molecule has 0 saturated carbocycles. The topological polar surface area (TPSA) is 52.6 Å². The summed E-state index contributed by atoms with van der Waals surface area (Å²) in [4.78, 5) is 0.0295. The van der Waals surface area contributed by atoms with Crippen molar-refractivity contribution in [1.29, 1.82) is 0 Å². The summed E-state index contributed by atoms with van der Waals surface area (Å²) in [5.41, 5.74) is 0.516. The van der Waals surface area contributed by atoms with Crippen molar-refractivity contribution in [3.8, 4) is 11.5 Å². The van der Waals surface area contributed by atoms with E-state index in [9.17, 15) is 8.42 Å². The second-order valence-corrected chi connectivity index (χ2v) is 5.44. The smallest absolute Gasteiger partial charge is 0.261 e. The van der Waals surface area contributed by atoms with E-state index in [1.807, 2.05) is 0 Å². The Labute approximate surface area is 93.2 Å². The van der Waals surface area contributed by atoms with E-state index in [1.165, 1.54) is 20.3 Å². The molecule has 4 nitrogen and oxygen atoms in total. The van der Waals surface area contributed by atoms with Crippen LogP contribution < -0.4 is 9.47 Å². The van der Waals surface area contributed by atoms with Crippen LogP contribution in [0.4, 0.5) is 0 Å². The highest BCUT2D eigenvalue weighted by atomic mass is 35.7. The van der Waals surface area contributed by atoms with Crippen LogP contribution in [0.5, 0.6) is 11.5 Å². The summed E-state index contributed by atoms with van der Waals surface area (Å²) in [6.45, 7) is 1.64. The van der Waals surface area contributed by atoms with Gasteiger partial charge in [-0.3, -0.25) is 0 Å². The molecular weight excluding hydrogens is 240 g/mol. The van der Waals surface area contributed by atoms with E-state index >= 15 is 0 Å². The number of hydrogen-bond acceptors (Lipinski definition) is 4. The van der Waals surface area contributed by atoms with Crippen LogP contribution in [0, 0.1) is 6.92 Å².